The molecule has 0 aliphatic carbocycles. The van der Waals surface area contributed by atoms with Crippen molar-refractivity contribution < 1.29 is 13.5 Å². The third-order valence-corrected chi connectivity index (χ3v) is 3.79. The van der Waals surface area contributed by atoms with Crippen LogP contribution in [-0.4, -0.2) is 25.3 Å². The zero-order valence-electron chi connectivity index (χ0n) is 12.4. The minimum Gasteiger partial charge on any atom is -0.381 e. The maximum atomic E-state index is 13.8. The molecular weight excluding hydrogens is 260 g/mol. The third-order valence-electron chi connectivity index (χ3n) is 3.79. The van der Waals surface area contributed by atoms with E-state index in [2.05, 4.69) is 26.1 Å². The Balaban J connectivity index is 2.17. The van der Waals surface area contributed by atoms with Crippen LogP contribution in [0.25, 0.3) is 0 Å². The summed E-state index contributed by atoms with van der Waals surface area (Å²) in [5.74, 6) is -0.931. The van der Waals surface area contributed by atoms with Crippen molar-refractivity contribution >= 4 is 0 Å². The van der Waals surface area contributed by atoms with Gasteiger partial charge in [0.25, 0.3) is 0 Å². The molecule has 0 amide bonds. The lowest BCUT2D eigenvalue weighted by Gasteiger charge is -2.32. The van der Waals surface area contributed by atoms with Crippen LogP contribution >= 0.6 is 0 Å². The van der Waals surface area contributed by atoms with Gasteiger partial charge in [0.2, 0.25) is 0 Å². The van der Waals surface area contributed by atoms with Gasteiger partial charge in [0.15, 0.2) is 0 Å². The van der Waals surface area contributed by atoms with Gasteiger partial charge in [-0.1, -0.05) is 6.07 Å². The Morgan fingerprint density at radius 1 is 1.25 bits per heavy atom. The lowest BCUT2D eigenvalue weighted by Crippen LogP contribution is -2.45. The molecule has 1 fully saturated rings. The molecular formula is C16H23F2NO. The standard InChI is InChI=1S/C16H23F2NO/c1-15(2,3)19-10-16(7-8-20-11-16)9-12-13(17)5-4-6-14(12)18/h4-6,19H,7-11H2,1-3H3. The van der Waals surface area contributed by atoms with E-state index in [1.807, 2.05) is 0 Å². The highest BCUT2D eigenvalue weighted by atomic mass is 19.1. The molecule has 0 spiro atoms. The molecule has 112 valence electrons. The molecule has 1 aliphatic heterocycles. The summed E-state index contributed by atoms with van der Waals surface area (Å²) in [4.78, 5) is 0. The van der Waals surface area contributed by atoms with Gasteiger partial charge in [-0.2, -0.15) is 0 Å². The average molecular weight is 283 g/mol. The van der Waals surface area contributed by atoms with Crippen LogP contribution in [0.5, 0.6) is 0 Å². The van der Waals surface area contributed by atoms with Crippen LogP contribution in [0.2, 0.25) is 0 Å². The van der Waals surface area contributed by atoms with Crippen LogP contribution in [0.4, 0.5) is 8.78 Å². The molecule has 2 rings (SSSR count). The van der Waals surface area contributed by atoms with Crippen LogP contribution in [-0.2, 0) is 11.2 Å². The Kier molecular flexibility index (Phi) is 4.45. The molecule has 1 aromatic rings. The van der Waals surface area contributed by atoms with E-state index in [0.29, 0.717) is 26.2 Å². The Bertz CT molecular complexity index is 442. The summed E-state index contributed by atoms with van der Waals surface area (Å²) < 4.78 is 33.2. The molecule has 0 aromatic heterocycles. The molecule has 1 aromatic carbocycles. The maximum absolute atomic E-state index is 13.8. The van der Waals surface area contributed by atoms with E-state index in [1.165, 1.54) is 18.2 Å². The summed E-state index contributed by atoms with van der Waals surface area (Å²) in [7, 11) is 0. The number of halogens is 2. The van der Waals surface area contributed by atoms with Crippen LogP contribution in [0.1, 0.15) is 32.8 Å². The predicted molar refractivity (Wildman–Crippen MR) is 75.7 cm³/mol. The van der Waals surface area contributed by atoms with Gasteiger partial charge >= 0.3 is 0 Å². The molecule has 1 unspecified atom stereocenters. The maximum Gasteiger partial charge on any atom is 0.129 e. The van der Waals surface area contributed by atoms with Crippen LogP contribution in [0.15, 0.2) is 18.2 Å². The van der Waals surface area contributed by atoms with Gasteiger partial charge in [-0.25, -0.2) is 8.78 Å². The summed E-state index contributed by atoms with van der Waals surface area (Å²) in [6.45, 7) is 8.15. The number of benzene rings is 1. The Morgan fingerprint density at radius 2 is 1.90 bits per heavy atom. The van der Waals surface area contributed by atoms with Crippen molar-refractivity contribution in [3.63, 3.8) is 0 Å². The predicted octanol–water partition coefficient (Wildman–Crippen LogP) is 3.30. The zero-order chi connectivity index (χ0) is 14.8. The van der Waals surface area contributed by atoms with Gasteiger partial charge in [-0.3, -0.25) is 0 Å². The van der Waals surface area contributed by atoms with Gasteiger partial charge in [0.05, 0.1) is 6.61 Å². The summed E-state index contributed by atoms with van der Waals surface area (Å²) in [6, 6.07) is 4.04. The molecule has 1 aliphatic rings. The number of hydrogen-bond donors (Lipinski definition) is 1. The highest BCUT2D eigenvalue weighted by Crippen LogP contribution is 2.34. The van der Waals surface area contributed by atoms with Crippen molar-refractivity contribution in [3.8, 4) is 0 Å². The van der Waals surface area contributed by atoms with E-state index in [4.69, 9.17) is 4.74 Å². The fraction of sp³-hybridized carbons (Fsp3) is 0.625. The SMILES string of the molecule is CC(C)(C)NCC1(Cc2c(F)cccc2F)CCOC1. The van der Waals surface area contributed by atoms with Gasteiger partial charge < -0.3 is 10.1 Å². The summed E-state index contributed by atoms with van der Waals surface area (Å²) in [5.41, 5.74) is -0.0756. The molecule has 1 heterocycles. The molecule has 2 nitrogen and oxygen atoms in total. The minimum atomic E-state index is -0.466. The molecule has 0 radical (unpaired) electrons. The summed E-state index contributed by atoms with van der Waals surface area (Å²) >= 11 is 0. The number of nitrogens with one attached hydrogen (secondary N) is 1. The zero-order valence-corrected chi connectivity index (χ0v) is 12.4. The molecule has 0 saturated carbocycles. The Hall–Kier alpha value is -1.00. The third kappa shape index (κ3) is 3.76. The van der Waals surface area contributed by atoms with E-state index in [0.717, 1.165) is 6.42 Å². The smallest absolute Gasteiger partial charge is 0.129 e. The van der Waals surface area contributed by atoms with Crippen molar-refractivity contribution in [2.45, 2.75) is 39.2 Å². The first-order valence-electron chi connectivity index (χ1n) is 7.07. The first-order valence-corrected chi connectivity index (χ1v) is 7.07. The van der Waals surface area contributed by atoms with E-state index in [-0.39, 0.29) is 16.5 Å². The summed E-state index contributed by atoms with van der Waals surface area (Å²) in [5, 5.41) is 3.44. The first kappa shape index (κ1) is 15.4. The second kappa shape index (κ2) is 5.78. The van der Waals surface area contributed by atoms with Gasteiger partial charge in [0, 0.05) is 29.7 Å². The van der Waals surface area contributed by atoms with E-state index >= 15 is 0 Å². The van der Waals surface area contributed by atoms with Crippen molar-refractivity contribution in [3.05, 3.63) is 35.4 Å². The fourth-order valence-electron chi connectivity index (χ4n) is 2.52. The topological polar surface area (TPSA) is 21.3 Å². The van der Waals surface area contributed by atoms with Crippen LogP contribution in [0.3, 0.4) is 0 Å². The van der Waals surface area contributed by atoms with Crippen molar-refractivity contribution in [2.75, 3.05) is 19.8 Å². The highest BCUT2D eigenvalue weighted by molar-refractivity contribution is 5.21. The minimum absolute atomic E-state index is 0.0244. The molecule has 4 heteroatoms. The molecule has 1 N–H and O–H groups in total. The molecule has 1 atom stereocenters. The number of rotatable bonds is 4. The monoisotopic (exact) mass is 283 g/mol. The molecule has 20 heavy (non-hydrogen) atoms. The average Bonchev–Trinajstić information content (AvgIpc) is 2.80. The second-order valence-electron chi connectivity index (χ2n) is 6.78. The lowest BCUT2D eigenvalue weighted by atomic mass is 9.80. The highest BCUT2D eigenvalue weighted by Gasteiger charge is 2.37. The van der Waals surface area contributed by atoms with Crippen LogP contribution < -0.4 is 5.32 Å². The van der Waals surface area contributed by atoms with E-state index in [9.17, 15) is 8.78 Å². The molecule has 0 bridgehead atoms. The van der Waals surface area contributed by atoms with Crippen molar-refractivity contribution in [1.82, 2.24) is 5.32 Å². The van der Waals surface area contributed by atoms with Gasteiger partial charge in [-0.05, 0) is 45.7 Å². The number of hydrogen-bond acceptors (Lipinski definition) is 2. The Labute approximate surface area is 119 Å². The van der Waals surface area contributed by atoms with Gasteiger partial charge in [0.1, 0.15) is 11.6 Å². The Morgan fingerprint density at radius 3 is 2.40 bits per heavy atom. The van der Waals surface area contributed by atoms with Crippen molar-refractivity contribution in [1.29, 1.82) is 0 Å². The molecule has 1 saturated heterocycles. The first-order chi connectivity index (χ1) is 9.31. The quantitative estimate of drug-likeness (QED) is 0.915. The normalized spacial score (nSPS) is 23.2. The second-order valence-corrected chi connectivity index (χ2v) is 6.78. The largest absolute Gasteiger partial charge is 0.381 e. The number of ether oxygens (including phenoxy) is 1. The van der Waals surface area contributed by atoms with Crippen molar-refractivity contribution in [2.24, 2.45) is 5.41 Å². The van der Waals surface area contributed by atoms with Crippen LogP contribution in [0, 0.1) is 17.0 Å². The van der Waals surface area contributed by atoms with E-state index < -0.39 is 11.6 Å². The fourth-order valence-corrected chi connectivity index (χ4v) is 2.52. The lowest BCUT2D eigenvalue weighted by molar-refractivity contribution is 0.142. The summed E-state index contributed by atoms with van der Waals surface area (Å²) in [6.07, 6.45) is 1.19. The van der Waals surface area contributed by atoms with E-state index in [1.54, 1.807) is 0 Å². The van der Waals surface area contributed by atoms with Gasteiger partial charge in [-0.15, -0.1) is 0 Å².